The Morgan fingerprint density at radius 3 is 2.25 bits per heavy atom. The van der Waals surface area contributed by atoms with Crippen molar-refractivity contribution in [1.82, 2.24) is 4.31 Å². The second-order valence-corrected chi connectivity index (χ2v) is 6.20. The number of hydrogen-bond acceptors (Lipinski definition) is 2. The van der Waals surface area contributed by atoms with Crippen LogP contribution >= 0.6 is 0 Å². The van der Waals surface area contributed by atoms with Crippen LogP contribution in [0.1, 0.15) is 34.1 Å². The highest BCUT2D eigenvalue weighted by molar-refractivity contribution is 7.83. The first kappa shape index (κ1) is 15.6. The summed E-state index contributed by atoms with van der Waals surface area (Å²) in [6, 6.07) is -0.129. The molecule has 1 unspecified atom stereocenters. The number of nitrogens with two attached hydrogens (primary N) is 1. The highest BCUT2D eigenvalue weighted by atomic mass is 32.2. The van der Waals surface area contributed by atoms with Gasteiger partial charge in [-0.1, -0.05) is 40.0 Å². The summed E-state index contributed by atoms with van der Waals surface area (Å²) in [5.74, 6) is 3.17. The van der Waals surface area contributed by atoms with Crippen molar-refractivity contribution < 1.29 is 4.21 Å². The van der Waals surface area contributed by atoms with Crippen LogP contribution in [0.3, 0.4) is 0 Å². The minimum atomic E-state index is -1.22. The van der Waals surface area contributed by atoms with Crippen LogP contribution in [0, 0.1) is 24.2 Å². The number of nitrogens with zero attached hydrogens (tertiary/aromatic N) is 1. The maximum absolute atomic E-state index is 12.2. The summed E-state index contributed by atoms with van der Waals surface area (Å²) in [4.78, 5) is 0. The molecule has 4 atom stereocenters. The smallest absolute Gasteiger partial charge is 0.113 e. The molecule has 2 N–H and O–H groups in total. The van der Waals surface area contributed by atoms with Gasteiger partial charge in [0.15, 0.2) is 0 Å². The zero-order valence-corrected chi connectivity index (χ0v) is 11.8. The average molecular weight is 244 g/mol. The Labute approximate surface area is 102 Å². The zero-order valence-electron chi connectivity index (χ0n) is 10.9. The van der Waals surface area contributed by atoms with E-state index < -0.39 is 11.0 Å². The lowest BCUT2D eigenvalue weighted by atomic mass is 10.1. The van der Waals surface area contributed by atoms with Gasteiger partial charge in [0, 0.05) is 7.05 Å². The predicted molar refractivity (Wildman–Crippen MR) is 70.8 cm³/mol. The molecule has 0 spiro atoms. The maximum atomic E-state index is 12.2. The lowest BCUT2D eigenvalue weighted by Crippen LogP contribution is -2.45. The Morgan fingerprint density at radius 1 is 1.44 bits per heavy atom. The minimum Gasteiger partial charge on any atom is -0.316 e. The highest BCUT2D eigenvalue weighted by Gasteiger charge is 2.27. The van der Waals surface area contributed by atoms with E-state index in [1.807, 2.05) is 27.7 Å². The van der Waals surface area contributed by atoms with E-state index in [9.17, 15) is 4.21 Å². The largest absolute Gasteiger partial charge is 0.316 e. The van der Waals surface area contributed by atoms with E-state index in [-0.39, 0.29) is 23.3 Å². The molecule has 0 radical (unpaired) electrons. The van der Waals surface area contributed by atoms with Crippen LogP contribution in [0.25, 0.3) is 0 Å². The summed E-state index contributed by atoms with van der Waals surface area (Å²) in [5, 5.41) is -0.343. The van der Waals surface area contributed by atoms with E-state index in [4.69, 9.17) is 12.2 Å². The molecule has 0 aliphatic carbocycles. The summed E-state index contributed by atoms with van der Waals surface area (Å²) < 4.78 is 13.9. The van der Waals surface area contributed by atoms with Crippen LogP contribution in [0.15, 0.2) is 0 Å². The normalized spacial score (nSPS) is 19.2. The molecule has 0 aromatic heterocycles. The first-order valence-corrected chi connectivity index (χ1v) is 6.88. The van der Waals surface area contributed by atoms with Gasteiger partial charge in [0.1, 0.15) is 11.0 Å². The van der Waals surface area contributed by atoms with Crippen molar-refractivity contribution in [2.75, 3.05) is 7.05 Å². The van der Waals surface area contributed by atoms with Crippen molar-refractivity contribution in [3.8, 4) is 12.3 Å². The van der Waals surface area contributed by atoms with Crippen LogP contribution in [-0.2, 0) is 11.0 Å². The molecule has 0 heterocycles. The Bertz CT molecular complexity index is 273. The SMILES string of the molecule is C#C[C@H](C(C)C)N(C)S(=O)[C@@H](N)[C@@H](C)CC. The van der Waals surface area contributed by atoms with E-state index in [0.717, 1.165) is 6.42 Å². The van der Waals surface area contributed by atoms with Gasteiger partial charge in [0.05, 0.1) is 11.4 Å². The Balaban J connectivity index is 4.67. The predicted octanol–water partition coefficient (Wildman–Crippen LogP) is 1.57. The van der Waals surface area contributed by atoms with Gasteiger partial charge in [0.25, 0.3) is 0 Å². The summed E-state index contributed by atoms with van der Waals surface area (Å²) in [7, 11) is 0.559. The molecule has 0 aromatic rings. The van der Waals surface area contributed by atoms with E-state index in [0.29, 0.717) is 0 Å². The molecule has 0 bridgehead atoms. The fourth-order valence-corrected chi connectivity index (χ4v) is 2.95. The summed E-state index contributed by atoms with van der Waals surface area (Å²) >= 11 is 0. The molecule has 3 nitrogen and oxygen atoms in total. The highest BCUT2D eigenvalue weighted by Crippen LogP contribution is 2.16. The van der Waals surface area contributed by atoms with E-state index in [1.165, 1.54) is 0 Å². The van der Waals surface area contributed by atoms with Crippen molar-refractivity contribution >= 4 is 11.0 Å². The van der Waals surface area contributed by atoms with Crippen molar-refractivity contribution in [3.05, 3.63) is 0 Å². The summed E-state index contributed by atoms with van der Waals surface area (Å²) in [5.41, 5.74) is 5.95. The lowest BCUT2D eigenvalue weighted by molar-refractivity contribution is 0.366. The average Bonchev–Trinajstić information content (AvgIpc) is 2.26. The van der Waals surface area contributed by atoms with Crippen LogP contribution in [0.5, 0.6) is 0 Å². The zero-order chi connectivity index (χ0) is 12.9. The molecule has 0 aliphatic heterocycles. The summed E-state index contributed by atoms with van der Waals surface area (Å²) in [6.07, 6.45) is 6.37. The van der Waals surface area contributed by atoms with E-state index >= 15 is 0 Å². The molecule has 0 aromatic carbocycles. The number of terminal acetylenes is 1. The molecular formula is C12H24N2OS. The molecular weight excluding hydrogens is 220 g/mol. The van der Waals surface area contributed by atoms with Crippen molar-refractivity contribution in [1.29, 1.82) is 0 Å². The molecule has 0 amide bonds. The monoisotopic (exact) mass is 244 g/mol. The Morgan fingerprint density at radius 2 is 1.94 bits per heavy atom. The van der Waals surface area contributed by atoms with Crippen molar-refractivity contribution in [3.63, 3.8) is 0 Å². The fourth-order valence-electron chi connectivity index (χ4n) is 1.45. The first-order chi connectivity index (χ1) is 7.36. The molecule has 0 fully saturated rings. The third kappa shape index (κ3) is 3.89. The first-order valence-electron chi connectivity index (χ1n) is 5.72. The van der Waals surface area contributed by atoms with Gasteiger partial charge in [0.2, 0.25) is 0 Å². The second-order valence-electron chi connectivity index (χ2n) is 4.53. The van der Waals surface area contributed by atoms with Crippen molar-refractivity contribution in [2.45, 2.75) is 45.5 Å². The van der Waals surface area contributed by atoms with Crippen LogP contribution in [0.2, 0.25) is 0 Å². The Hall–Kier alpha value is -0.370. The van der Waals surface area contributed by atoms with Crippen molar-refractivity contribution in [2.24, 2.45) is 17.6 Å². The Kier molecular flexibility index (Phi) is 6.89. The van der Waals surface area contributed by atoms with Gasteiger partial charge < -0.3 is 5.73 Å². The van der Waals surface area contributed by atoms with E-state index in [2.05, 4.69) is 5.92 Å². The molecule has 16 heavy (non-hydrogen) atoms. The second kappa shape index (κ2) is 7.05. The van der Waals surface area contributed by atoms with Crippen LogP contribution < -0.4 is 5.73 Å². The third-order valence-electron chi connectivity index (χ3n) is 2.92. The third-order valence-corrected chi connectivity index (χ3v) is 4.64. The lowest BCUT2D eigenvalue weighted by Gasteiger charge is -2.29. The number of rotatable bonds is 6. The number of hydrogen-bond donors (Lipinski definition) is 1. The molecule has 0 rings (SSSR count). The standard InChI is InChI=1S/C12H24N2OS/c1-7-10(5)12(13)16(15)14(6)11(8-2)9(3)4/h2,9-12H,7,13H2,1,3-6H3/t10-,11+,12+,16?/m0/s1. The van der Waals surface area contributed by atoms with Gasteiger partial charge in [-0.2, -0.15) is 0 Å². The van der Waals surface area contributed by atoms with Gasteiger partial charge in [-0.05, 0) is 11.8 Å². The molecule has 94 valence electrons. The van der Waals surface area contributed by atoms with Crippen LogP contribution in [0.4, 0.5) is 0 Å². The van der Waals surface area contributed by atoms with Gasteiger partial charge in [-0.25, -0.2) is 8.51 Å². The minimum absolute atomic E-state index is 0.129. The fraction of sp³-hybridized carbons (Fsp3) is 0.833. The molecule has 0 aliphatic rings. The molecule has 4 heteroatoms. The van der Waals surface area contributed by atoms with Gasteiger partial charge >= 0.3 is 0 Å². The summed E-state index contributed by atoms with van der Waals surface area (Å²) in [6.45, 7) is 8.10. The van der Waals surface area contributed by atoms with Gasteiger partial charge in [-0.15, -0.1) is 6.42 Å². The van der Waals surface area contributed by atoms with E-state index in [1.54, 1.807) is 11.4 Å². The van der Waals surface area contributed by atoms with Crippen LogP contribution in [-0.4, -0.2) is 27.0 Å². The quantitative estimate of drug-likeness (QED) is 0.721. The maximum Gasteiger partial charge on any atom is 0.113 e. The molecule has 0 saturated carbocycles. The topological polar surface area (TPSA) is 46.3 Å². The molecule has 0 saturated heterocycles. The van der Waals surface area contributed by atoms with Gasteiger partial charge in [-0.3, -0.25) is 0 Å².